The van der Waals surface area contributed by atoms with Gasteiger partial charge in [-0.3, -0.25) is 0 Å². The Hall–Kier alpha value is -2.06. The molecule has 0 aliphatic carbocycles. The van der Waals surface area contributed by atoms with Crippen LogP contribution in [0.3, 0.4) is 0 Å². The minimum atomic E-state index is 0.644. The lowest BCUT2D eigenvalue weighted by molar-refractivity contribution is 0.289. The first kappa shape index (κ1) is 20.0. The molecular weight excluding hydrogens is 296 g/mol. The highest BCUT2D eigenvalue weighted by atomic mass is 16.5. The fraction of sp³-hybridized carbons (Fsp3) is 0.545. The summed E-state index contributed by atoms with van der Waals surface area (Å²) in [7, 11) is 0. The first-order valence-electron chi connectivity index (χ1n) is 8.84. The predicted molar refractivity (Wildman–Crippen MR) is 101 cm³/mol. The average Bonchev–Trinajstić information content (AvgIpc) is 2.55. The maximum absolute atomic E-state index is 5.84. The van der Waals surface area contributed by atoms with E-state index in [0.717, 1.165) is 25.7 Å². The summed E-state index contributed by atoms with van der Waals surface area (Å²) in [6, 6.07) is 3.64. The summed E-state index contributed by atoms with van der Waals surface area (Å²) >= 11 is 0. The van der Waals surface area contributed by atoms with Gasteiger partial charge in [-0.15, -0.1) is 12.8 Å². The molecule has 0 spiro atoms. The van der Waals surface area contributed by atoms with Crippen LogP contribution >= 0.6 is 0 Å². The third kappa shape index (κ3) is 7.01. The van der Waals surface area contributed by atoms with E-state index in [0.29, 0.717) is 47.7 Å². The van der Waals surface area contributed by atoms with Crippen molar-refractivity contribution in [1.82, 2.24) is 0 Å². The molecule has 2 heteroatoms. The van der Waals surface area contributed by atoms with Gasteiger partial charge in [0.25, 0.3) is 0 Å². The highest BCUT2D eigenvalue weighted by molar-refractivity contribution is 5.57. The van der Waals surface area contributed by atoms with E-state index in [9.17, 15) is 0 Å². The van der Waals surface area contributed by atoms with Crippen LogP contribution in [-0.2, 0) is 0 Å². The zero-order valence-electron chi connectivity index (χ0n) is 15.5. The molecule has 24 heavy (non-hydrogen) atoms. The number of terminal acetylenes is 2. The van der Waals surface area contributed by atoms with Crippen LogP contribution < -0.4 is 9.47 Å². The standard InChI is InChI=1S/C22H30O2/c1-7-19-15-22(24-14-10-12-18(5)6)20(8-2)16-21(19)23-13-9-11-17(3)4/h1-2,15-18H,9-14H2,3-6H3. The zero-order valence-corrected chi connectivity index (χ0v) is 15.5. The van der Waals surface area contributed by atoms with E-state index in [-0.39, 0.29) is 0 Å². The van der Waals surface area contributed by atoms with Crippen molar-refractivity contribution in [1.29, 1.82) is 0 Å². The molecule has 0 aliphatic heterocycles. The first-order valence-corrected chi connectivity index (χ1v) is 8.84. The molecular formula is C22H30O2. The van der Waals surface area contributed by atoms with Crippen molar-refractivity contribution in [2.75, 3.05) is 13.2 Å². The molecule has 130 valence electrons. The molecule has 0 unspecified atom stereocenters. The van der Waals surface area contributed by atoms with Gasteiger partial charge in [0, 0.05) is 12.1 Å². The van der Waals surface area contributed by atoms with E-state index in [2.05, 4.69) is 39.5 Å². The summed E-state index contributed by atoms with van der Waals surface area (Å²) < 4.78 is 11.7. The molecule has 0 aliphatic rings. The number of benzene rings is 1. The van der Waals surface area contributed by atoms with Gasteiger partial charge in [-0.1, -0.05) is 39.5 Å². The van der Waals surface area contributed by atoms with E-state index < -0.39 is 0 Å². The largest absolute Gasteiger partial charge is 0.492 e. The lowest BCUT2D eigenvalue weighted by Crippen LogP contribution is -2.04. The quantitative estimate of drug-likeness (QED) is 0.430. The molecule has 0 heterocycles. The van der Waals surface area contributed by atoms with Crippen LogP contribution in [-0.4, -0.2) is 13.2 Å². The Balaban J connectivity index is 2.74. The summed E-state index contributed by atoms with van der Waals surface area (Å²) in [5.74, 6) is 8.02. The van der Waals surface area contributed by atoms with Gasteiger partial charge in [0.15, 0.2) is 0 Å². The molecule has 0 N–H and O–H groups in total. The fourth-order valence-electron chi connectivity index (χ4n) is 2.37. The van der Waals surface area contributed by atoms with Crippen LogP contribution in [0.2, 0.25) is 0 Å². The average molecular weight is 326 g/mol. The predicted octanol–water partition coefficient (Wildman–Crippen LogP) is 5.28. The Kier molecular flexibility index (Phi) is 8.88. The maximum Gasteiger partial charge on any atom is 0.136 e. The molecule has 0 fully saturated rings. The monoisotopic (exact) mass is 326 g/mol. The molecule has 0 bridgehead atoms. The lowest BCUT2D eigenvalue weighted by Gasteiger charge is -2.14. The maximum atomic E-state index is 5.84. The normalized spacial score (nSPS) is 10.5. The van der Waals surface area contributed by atoms with Gasteiger partial charge < -0.3 is 9.47 Å². The van der Waals surface area contributed by atoms with Crippen molar-refractivity contribution in [3.05, 3.63) is 23.3 Å². The summed E-state index contributed by atoms with van der Waals surface area (Å²) in [6.45, 7) is 10.1. The van der Waals surface area contributed by atoms with Crippen molar-refractivity contribution in [2.45, 2.75) is 53.4 Å². The molecule has 0 aromatic heterocycles. The summed E-state index contributed by atoms with van der Waals surface area (Å²) in [5, 5.41) is 0. The fourth-order valence-corrected chi connectivity index (χ4v) is 2.37. The van der Waals surface area contributed by atoms with Gasteiger partial charge >= 0.3 is 0 Å². The molecule has 1 aromatic rings. The van der Waals surface area contributed by atoms with Crippen molar-refractivity contribution < 1.29 is 9.47 Å². The number of ether oxygens (including phenoxy) is 2. The summed E-state index contributed by atoms with van der Waals surface area (Å²) in [6.07, 6.45) is 15.5. The van der Waals surface area contributed by atoms with E-state index in [1.54, 1.807) is 0 Å². The van der Waals surface area contributed by atoms with Crippen LogP contribution in [0, 0.1) is 36.5 Å². The topological polar surface area (TPSA) is 18.5 Å². The van der Waals surface area contributed by atoms with Crippen molar-refractivity contribution in [3.8, 4) is 36.2 Å². The van der Waals surface area contributed by atoms with Crippen molar-refractivity contribution in [2.24, 2.45) is 11.8 Å². The van der Waals surface area contributed by atoms with Crippen LogP contribution in [0.15, 0.2) is 12.1 Å². The second-order valence-corrected chi connectivity index (χ2v) is 6.90. The third-order valence-electron chi connectivity index (χ3n) is 3.76. The third-order valence-corrected chi connectivity index (χ3v) is 3.76. The molecule has 0 amide bonds. The molecule has 0 saturated carbocycles. The van der Waals surface area contributed by atoms with Gasteiger partial charge in [-0.2, -0.15) is 0 Å². The molecule has 1 rings (SSSR count). The molecule has 2 nitrogen and oxygen atoms in total. The Morgan fingerprint density at radius 2 is 1.17 bits per heavy atom. The van der Waals surface area contributed by atoms with Gasteiger partial charge in [0.1, 0.15) is 11.5 Å². The van der Waals surface area contributed by atoms with E-state index in [1.165, 1.54) is 0 Å². The number of rotatable bonds is 10. The Morgan fingerprint density at radius 1 is 0.792 bits per heavy atom. The Morgan fingerprint density at radius 3 is 1.46 bits per heavy atom. The second kappa shape index (κ2) is 10.7. The van der Waals surface area contributed by atoms with Crippen LogP contribution in [0.1, 0.15) is 64.5 Å². The Bertz CT molecular complexity index is 531. The highest BCUT2D eigenvalue weighted by Crippen LogP contribution is 2.29. The van der Waals surface area contributed by atoms with Crippen LogP contribution in [0.25, 0.3) is 0 Å². The first-order chi connectivity index (χ1) is 11.5. The van der Waals surface area contributed by atoms with E-state index in [4.69, 9.17) is 22.3 Å². The smallest absolute Gasteiger partial charge is 0.136 e. The van der Waals surface area contributed by atoms with Crippen LogP contribution in [0.5, 0.6) is 11.5 Å². The number of hydrogen-bond donors (Lipinski definition) is 0. The van der Waals surface area contributed by atoms with Gasteiger partial charge in [-0.05, 0) is 37.5 Å². The van der Waals surface area contributed by atoms with Gasteiger partial charge in [0.05, 0.1) is 24.3 Å². The summed E-state index contributed by atoms with van der Waals surface area (Å²) in [4.78, 5) is 0. The minimum Gasteiger partial charge on any atom is -0.492 e. The molecule has 0 saturated heterocycles. The zero-order chi connectivity index (χ0) is 17.9. The van der Waals surface area contributed by atoms with E-state index >= 15 is 0 Å². The SMILES string of the molecule is C#Cc1cc(OCCCC(C)C)c(C#C)cc1OCCCC(C)C. The highest BCUT2D eigenvalue weighted by Gasteiger charge is 2.10. The molecule has 0 atom stereocenters. The van der Waals surface area contributed by atoms with Gasteiger partial charge in [-0.25, -0.2) is 0 Å². The molecule has 0 radical (unpaired) electrons. The van der Waals surface area contributed by atoms with Crippen molar-refractivity contribution >= 4 is 0 Å². The number of hydrogen-bond acceptors (Lipinski definition) is 2. The molecule has 1 aromatic carbocycles. The Labute approximate surface area is 147 Å². The van der Waals surface area contributed by atoms with Crippen LogP contribution in [0.4, 0.5) is 0 Å². The second-order valence-electron chi connectivity index (χ2n) is 6.90. The van der Waals surface area contributed by atoms with Gasteiger partial charge in [0.2, 0.25) is 0 Å². The summed E-state index contributed by atoms with van der Waals surface area (Å²) in [5.41, 5.74) is 1.38. The van der Waals surface area contributed by atoms with Crippen molar-refractivity contribution in [3.63, 3.8) is 0 Å². The van der Waals surface area contributed by atoms with E-state index in [1.807, 2.05) is 12.1 Å². The lowest BCUT2D eigenvalue weighted by atomic mass is 10.1. The minimum absolute atomic E-state index is 0.644.